The maximum atomic E-state index is 13.1. The van der Waals surface area contributed by atoms with Crippen LogP contribution in [0.25, 0.3) is 0 Å². The summed E-state index contributed by atoms with van der Waals surface area (Å²) in [6.07, 6.45) is 6.24. The molecule has 0 bridgehead atoms. The van der Waals surface area contributed by atoms with Gasteiger partial charge in [0.2, 0.25) is 0 Å². The standard InChI is InChI=1S/C27H39NO6/c1-26-8-4-9-27(17-33-27)24(26)13-19-20(25(30)34-23(19)14-26)16-28(10-5-11-29)15-18-6-7-21(31-2)22(12-18)32-3/h6-7,12,19-20,23-24,29H,4-5,8-11,13-17H2,1-3H3/t19-,20+,23-,24+,26+,27+/m1/s1. The third kappa shape index (κ3) is 4.31. The second kappa shape index (κ2) is 9.32. The van der Waals surface area contributed by atoms with Gasteiger partial charge in [0.25, 0.3) is 0 Å². The lowest BCUT2D eigenvalue weighted by Gasteiger charge is -2.51. The number of methoxy groups -OCH3 is 2. The molecule has 4 fully saturated rings. The average molecular weight is 474 g/mol. The molecule has 7 nitrogen and oxygen atoms in total. The number of aliphatic hydroxyl groups is 1. The monoisotopic (exact) mass is 473 g/mol. The van der Waals surface area contributed by atoms with E-state index in [1.165, 1.54) is 12.8 Å². The van der Waals surface area contributed by atoms with E-state index in [0.717, 1.165) is 38.0 Å². The fraction of sp³-hybridized carbons (Fsp3) is 0.741. The topological polar surface area (TPSA) is 80.8 Å². The Hall–Kier alpha value is -1.83. The van der Waals surface area contributed by atoms with Gasteiger partial charge in [0.15, 0.2) is 11.5 Å². The summed E-state index contributed by atoms with van der Waals surface area (Å²) in [5.41, 5.74) is 1.36. The Bertz CT molecular complexity index is 901. The van der Waals surface area contributed by atoms with Gasteiger partial charge in [-0.1, -0.05) is 13.0 Å². The van der Waals surface area contributed by atoms with Crippen LogP contribution in [0, 0.1) is 23.2 Å². The van der Waals surface area contributed by atoms with E-state index in [9.17, 15) is 9.90 Å². The summed E-state index contributed by atoms with van der Waals surface area (Å²) in [4.78, 5) is 15.4. The molecule has 0 aromatic heterocycles. The highest BCUT2D eigenvalue weighted by Gasteiger charge is 2.65. The summed E-state index contributed by atoms with van der Waals surface area (Å²) < 4.78 is 22.9. The number of esters is 1. The molecule has 2 heterocycles. The van der Waals surface area contributed by atoms with Crippen molar-refractivity contribution < 1.29 is 28.8 Å². The Morgan fingerprint density at radius 2 is 2.00 bits per heavy atom. The van der Waals surface area contributed by atoms with Crippen molar-refractivity contribution in [2.75, 3.05) is 40.5 Å². The van der Waals surface area contributed by atoms with Crippen LogP contribution in [0.3, 0.4) is 0 Å². The first-order valence-electron chi connectivity index (χ1n) is 12.8. The molecule has 1 aromatic carbocycles. The van der Waals surface area contributed by atoms with Crippen molar-refractivity contribution in [2.45, 2.75) is 63.7 Å². The molecular weight excluding hydrogens is 434 g/mol. The van der Waals surface area contributed by atoms with E-state index in [-0.39, 0.29) is 41.5 Å². The lowest BCUT2D eigenvalue weighted by molar-refractivity contribution is -0.147. The number of carbonyl (C=O) groups excluding carboxylic acids is 1. The van der Waals surface area contributed by atoms with Crippen molar-refractivity contribution in [3.63, 3.8) is 0 Å². The van der Waals surface area contributed by atoms with Crippen LogP contribution in [0.15, 0.2) is 18.2 Å². The zero-order valence-electron chi connectivity index (χ0n) is 20.8. The van der Waals surface area contributed by atoms with Crippen molar-refractivity contribution in [2.24, 2.45) is 23.2 Å². The minimum atomic E-state index is -0.133. The van der Waals surface area contributed by atoms with E-state index in [4.69, 9.17) is 18.9 Å². The molecular formula is C27H39NO6. The van der Waals surface area contributed by atoms with Gasteiger partial charge in [-0.25, -0.2) is 0 Å². The molecule has 2 aliphatic heterocycles. The van der Waals surface area contributed by atoms with Gasteiger partial charge in [0.1, 0.15) is 6.10 Å². The first kappa shape index (κ1) is 23.9. The van der Waals surface area contributed by atoms with E-state index in [2.05, 4.69) is 11.8 Å². The molecule has 0 amide bonds. The van der Waals surface area contributed by atoms with Crippen LogP contribution in [0.5, 0.6) is 11.5 Å². The zero-order valence-corrected chi connectivity index (χ0v) is 20.8. The Morgan fingerprint density at radius 3 is 2.71 bits per heavy atom. The molecule has 6 atom stereocenters. The summed E-state index contributed by atoms with van der Waals surface area (Å²) >= 11 is 0. The molecule has 1 N–H and O–H groups in total. The van der Waals surface area contributed by atoms with Crippen molar-refractivity contribution >= 4 is 5.97 Å². The van der Waals surface area contributed by atoms with Crippen molar-refractivity contribution in [3.8, 4) is 11.5 Å². The lowest BCUT2D eigenvalue weighted by atomic mass is 9.53. The summed E-state index contributed by atoms with van der Waals surface area (Å²) in [6.45, 7) is 5.44. The van der Waals surface area contributed by atoms with Gasteiger partial charge in [-0.05, 0) is 67.6 Å². The fourth-order valence-electron chi connectivity index (χ4n) is 7.21. The fourth-order valence-corrected chi connectivity index (χ4v) is 7.21. The van der Waals surface area contributed by atoms with E-state index < -0.39 is 0 Å². The first-order valence-corrected chi connectivity index (χ1v) is 12.8. The van der Waals surface area contributed by atoms with Gasteiger partial charge < -0.3 is 24.1 Å². The summed E-state index contributed by atoms with van der Waals surface area (Å²) in [6, 6.07) is 5.94. The highest BCUT2D eigenvalue weighted by atomic mass is 16.6. The number of nitrogens with zero attached hydrogens (tertiary/aromatic N) is 1. The molecule has 2 aliphatic carbocycles. The number of aliphatic hydroxyl groups excluding tert-OH is 1. The van der Waals surface area contributed by atoms with Gasteiger partial charge >= 0.3 is 5.97 Å². The largest absolute Gasteiger partial charge is 0.493 e. The Labute approximate surface area is 202 Å². The third-order valence-corrected chi connectivity index (χ3v) is 9.02. The zero-order chi connectivity index (χ0) is 23.9. The average Bonchev–Trinajstić information content (AvgIpc) is 3.53. The van der Waals surface area contributed by atoms with Crippen LogP contribution in [0.4, 0.5) is 0 Å². The molecule has 1 spiro atoms. The van der Waals surface area contributed by atoms with Gasteiger partial charge in [0, 0.05) is 32.2 Å². The smallest absolute Gasteiger partial charge is 0.310 e. The van der Waals surface area contributed by atoms with Gasteiger partial charge in [-0.3, -0.25) is 9.69 Å². The number of benzene rings is 1. The lowest BCUT2D eigenvalue weighted by Crippen LogP contribution is -2.51. The Balaban J connectivity index is 1.33. The predicted octanol–water partition coefficient (Wildman–Crippen LogP) is 3.42. The highest BCUT2D eigenvalue weighted by Crippen LogP contribution is 2.62. The molecule has 0 unspecified atom stereocenters. The molecule has 1 aromatic rings. The minimum absolute atomic E-state index is 0.0217. The number of hydrogen-bond acceptors (Lipinski definition) is 7. The Kier molecular flexibility index (Phi) is 6.55. The van der Waals surface area contributed by atoms with Gasteiger partial charge in [-0.15, -0.1) is 0 Å². The van der Waals surface area contributed by atoms with Crippen LogP contribution in [-0.4, -0.2) is 68.2 Å². The van der Waals surface area contributed by atoms with Gasteiger partial charge in [-0.2, -0.15) is 0 Å². The van der Waals surface area contributed by atoms with Crippen LogP contribution < -0.4 is 9.47 Å². The third-order valence-electron chi connectivity index (χ3n) is 9.02. The number of carbonyl (C=O) groups is 1. The maximum Gasteiger partial charge on any atom is 0.310 e. The van der Waals surface area contributed by atoms with Crippen molar-refractivity contribution in [1.29, 1.82) is 0 Å². The van der Waals surface area contributed by atoms with Crippen LogP contribution in [0.1, 0.15) is 51.0 Å². The second-order valence-corrected chi connectivity index (χ2v) is 11.1. The number of epoxide rings is 1. The Morgan fingerprint density at radius 1 is 1.21 bits per heavy atom. The number of hydrogen-bond donors (Lipinski definition) is 1. The second-order valence-electron chi connectivity index (χ2n) is 11.1. The predicted molar refractivity (Wildman–Crippen MR) is 127 cm³/mol. The molecule has 0 radical (unpaired) electrons. The summed E-state index contributed by atoms with van der Waals surface area (Å²) in [5, 5.41) is 9.49. The maximum absolute atomic E-state index is 13.1. The summed E-state index contributed by atoms with van der Waals surface area (Å²) in [5.74, 6) is 1.97. The first-order chi connectivity index (χ1) is 16.4. The van der Waals surface area contributed by atoms with Crippen molar-refractivity contribution in [1.82, 2.24) is 4.90 Å². The van der Waals surface area contributed by atoms with E-state index in [1.807, 2.05) is 18.2 Å². The van der Waals surface area contributed by atoms with Crippen LogP contribution >= 0.6 is 0 Å². The normalized spacial score (nSPS) is 36.2. The number of ether oxygens (including phenoxy) is 4. The molecule has 7 heteroatoms. The number of rotatable bonds is 9. The van der Waals surface area contributed by atoms with E-state index in [1.54, 1.807) is 14.2 Å². The van der Waals surface area contributed by atoms with Crippen LogP contribution in [-0.2, 0) is 20.8 Å². The van der Waals surface area contributed by atoms with E-state index in [0.29, 0.717) is 36.9 Å². The molecule has 2 saturated carbocycles. The summed E-state index contributed by atoms with van der Waals surface area (Å²) in [7, 11) is 3.27. The SMILES string of the molecule is COc1ccc(CN(CCCO)C[C@@H]2C(=O)O[C@@H]3C[C@]4(C)CCC[C@]5(CO5)[C@H]4C[C@H]23)cc1OC. The van der Waals surface area contributed by atoms with Crippen molar-refractivity contribution in [3.05, 3.63) is 23.8 Å². The molecule has 4 aliphatic rings. The highest BCUT2D eigenvalue weighted by molar-refractivity contribution is 5.75. The molecule has 188 valence electrons. The molecule has 34 heavy (non-hydrogen) atoms. The molecule has 2 saturated heterocycles. The van der Waals surface area contributed by atoms with Crippen LogP contribution in [0.2, 0.25) is 0 Å². The number of fused-ring (bicyclic) bond motifs is 3. The van der Waals surface area contributed by atoms with Gasteiger partial charge in [0.05, 0.1) is 32.3 Å². The quantitative estimate of drug-likeness (QED) is 0.435. The van der Waals surface area contributed by atoms with E-state index >= 15 is 0 Å². The molecule has 5 rings (SSSR count). The minimum Gasteiger partial charge on any atom is -0.493 e.